The first-order valence-electron chi connectivity index (χ1n) is 6.34. The van der Waals surface area contributed by atoms with E-state index in [0.29, 0.717) is 12.2 Å². The Labute approximate surface area is 112 Å². The Morgan fingerprint density at radius 3 is 2.58 bits per heavy atom. The van der Waals surface area contributed by atoms with Gasteiger partial charge in [0, 0.05) is 5.56 Å². The quantitative estimate of drug-likeness (QED) is 0.917. The van der Waals surface area contributed by atoms with Gasteiger partial charge >= 0.3 is 0 Å². The molecule has 0 aliphatic rings. The first-order chi connectivity index (χ1) is 9.08. The molecule has 0 bridgehead atoms. The average Bonchev–Trinajstić information content (AvgIpc) is 2.71. The summed E-state index contributed by atoms with van der Waals surface area (Å²) < 4.78 is 5.06. The van der Waals surface area contributed by atoms with E-state index in [1.54, 1.807) is 0 Å². The lowest BCUT2D eigenvalue weighted by molar-refractivity contribution is -0.121. The molecule has 0 saturated heterocycles. The van der Waals surface area contributed by atoms with Gasteiger partial charge in [0.05, 0.1) is 18.2 Å². The van der Waals surface area contributed by atoms with Crippen LogP contribution in [0, 0.1) is 13.8 Å². The van der Waals surface area contributed by atoms with E-state index in [1.165, 1.54) is 0 Å². The number of nitrogens with zero attached hydrogens (tertiary/aromatic N) is 1. The number of carbonyl (C=O) groups is 1. The van der Waals surface area contributed by atoms with Crippen molar-refractivity contribution in [3.8, 4) is 0 Å². The molecule has 2 rings (SSSR count). The predicted octanol–water partition coefficient (Wildman–Crippen LogP) is 2.71. The van der Waals surface area contributed by atoms with Gasteiger partial charge in [0.2, 0.25) is 5.91 Å². The minimum Gasteiger partial charge on any atom is -0.361 e. The third-order valence-electron chi connectivity index (χ3n) is 3.20. The van der Waals surface area contributed by atoms with Crippen molar-refractivity contribution < 1.29 is 9.32 Å². The highest BCUT2D eigenvalue weighted by atomic mass is 16.5. The van der Waals surface area contributed by atoms with Gasteiger partial charge in [0.25, 0.3) is 0 Å². The summed E-state index contributed by atoms with van der Waals surface area (Å²) in [5, 5.41) is 6.83. The molecule has 0 aliphatic carbocycles. The van der Waals surface area contributed by atoms with Crippen molar-refractivity contribution >= 4 is 5.91 Å². The van der Waals surface area contributed by atoms with Gasteiger partial charge in [0.1, 0.15) is 5.76 Å². The zero-order valence-electron chi connectivity index (χ0n) is 11.4. The van der Waals surface area contributed by atoms with Crippen molar-refractivity contribution in [1.29, 1.82) is 0 Å². The fourth-order valence-electron chi connectivity index (χ4n) is 2.03. The lowest BCUT2D eigenvalue weighted by Gasteiger charge is -2.14. The van der Waals surface area contributed by atoms with E-state index in [9.17, 15) is 4.79 Å². The number of aromatic nitrogens is 1. The lowest BCUT2D eigenvalue weighted by Crippen LogP contribution is -2.28. The van der Waals surface area contributed by atoms with Crippen molar-refractivity contribution in [3.63, 3.8) is 0 Å². The molecule has 1 aromatic carbocycles. The molecule has 0 unspecified atom stereocenters. The molecule has 1 N–H and O–H groups in total. The molecule has 4 heteroatoms. The normalized spacial score (nSPS) is 12.2. The van der Waals surface area contributed by atoms with Gasteiger partial charge in [-0.25, -0.2) is 0 Å². The van der Waals surface area contributed by atoms with Crippen LogP contribution in [0.15, 0.2) is 34.9 Å². The first-order valence-corrected chi connectivity index (χ1v) is 6.34. The van der Waals surface area contributed by atoms with Crippen LogP contribution in [0.1, 0.15) is 35.5 Å². The summed E-state index contributed by atoms with van der Waals surface area (Å²) in [5.41, 5.74) is 2.74. The number of nitrogens with one attached hydrogen (secondary N) is 1. The van der Waals surface area contributed by atoms with E-state index in [2.05, 4.69) is 10.5 Å². The second kappa shape index (κ2) is 5.69. The van der Waals surface area contributed by atoms with Gasteiger partial charge in [0.15, 0.2) is 0 Å². The minimum absolute atomic E-state index is 0.00540. The molecule has 0 saturated carbocycles. The van der Waals surface area contributed by atoms with E-state index in [1.807, 2.05) is 51.1 Å². The van der Waals surface area contributed by atoms with Crippen molar-refractivity contribution in [2.45, 2.75) is 33.2 Å². The molecule has 4 nitrogen and oxygen atoms in total. The Morgan fingerprint density at radius 1 is 1.32 bits per heavy atom. The third-order valence-corrected chi connectivity index (χ3v) is 3.20. The zero-order chi connectivity index (χ0) is 13.8. The maximum Gasteiger partial charge on any atom is 0.225 e. The molecule has 1 heterocycles. The minimum atomic E-state index is -0.0225. The SMILES string of the molecule is Cc1noc(C)c1CC(=O)N[C@@H](C)c1ccccc1. The van der Waals surface area contributed by atoms with Crippen LogP contribution < -0.4 is 5.32 Å². The molecule has 19 heavy (non-hydrogen) atoms. The highest BCUT2D eigenvalue weighted by molar-refractivity contribution is 5.79. The van der Waals surface area contributed by atoms with E-state index in [0.717, 1.165) is 16.8 Å². The first kappa shape index (κ1) is 13.3. The Bertz CT molecular complexity index is 541. The number of hydrogen-bond acceptors (Lipinski definition) is 3. The summed E-state index contributed by atoms with van der Waals surface area (Å²) in [6, 6.07) is 9.89. The molecule has 0 fully saturated rings. The standard InChI is InChI=1S/C15H18N2O2/c1-10(13-7-5-4-6-8-13)16-15(18)9-14-11(2)17-19-12(14)3/h4-8,10H,9H2,1-3H3,(H,16,18)/t10-/m0/s1. The van der Waals surface area contributed by atoms with Crippen LogP contribution in [-0.2, 0) is 11.2 Å². The highest BCUT2D eigenvalue weighted by Crippen LogP contribution is 2.15. The van der Waals surface area contributed by atoms with Crippen molar-refractivity contribution in [3.05, 3.63) is 52.9 Å². The van der Waals surface area contributed by atoms with Crippen molar-refractivity contribution in [1.82, 2.24) is 10.5 Å². The Hall–Kier alpha value is -2.10. The molecule has 0 spiro atoms. The number of aryl methyl sites for hydroxylation is 2. The monoisotopic (exact) mass is 258 g/mol. The summed E-state index contributed by atoms with van der Waals surface area (Å²) in [5.74, 6) is 0.686. The lowest BCUT2D eigenvalue weighted by atomic mass is 10.1. The largest absolute Gasteiger partial charge is 0.361 e. The van der Waals surface area contributed by atoms with Gasteiger partial charge < -0.3 is 9.84 Å². The number of benzene rings is 1. The molecule has 2 aromatic rings. The highest BCUT2D eigenvalue weighted by Gasteiger charge is 2.15. The van der Waals surface area contributed by atoms with E-state index >= 15 is 0 Å². The summed E-state index contributed by atoms with van der Waals surface area (Å²) >= 11 is 0. The average molecular weight is 258 g/mol. The third kappa shape index (κ3) is 3.22. The van der Waals surface area contributed by atoms with E-state index in [-0.39, 0.29) is 11.9 Å². The van der Waals surface area contributed by atoms with Crippen LogP contribution in [0.25, 0.3) is 0 Å². The molecule has 1 aromatic heterocycles. The molecule has 1 amide bonds. The smallest absolute Gasteiger partial charge is 0.225 e. The van der Waals surface area contributed by atoms with Crippen LogP contribution in [0.4, 0.5) is 0 Å². The predicted molar refractivity (Wildman–Crippen MR) is 72.7 cm³/mol. The fraction of sp³-hybridized carbons (Fsp3) is 0.333. The Balaban J connectivity index is 1.99. The van der Waals surface area contributed by atoms with Crippen LogP contribution in [0.5, 0.6) is 0 Å². The van der Waals surface area contributed by atoms with Crippen LogP contribution in [0.3, 0.4) is 0 Å². The Kier molecular flexibility index (Phi) is 4.00. The molecule has 0 radical (unpaired) electrons. The van der Waals surface area contributed by atoms with E-state index < -0.39 is 0 Å². The maximum atomic E-state index is 12.0. The van der Waals surface area contributed by atoms with Gasteiger partial charge in [-0.05, 0) is 26.3 Å². The van der Waals surface area contributed by atoms with Crippen LogP contribution >= 0.6 is 0 Å². The van der Waals surface area contributed by atoms with E-state index in [4.69, 9.17) is 4.52 Å². The molecule has 0 aliphatic heterocycles. The zero-order valence-corrected chi connectivity index (χ0v) is 11.4. The number of hydrogen-bond donors (Lipinski definition) is 1. The molecule has 1 atom stereocenters. The number of amides is 1. The summed E-state index contributed by atoms with van der Waals surface area (Å²) in [4.78, 5) is 12.0. The molecular weight excluding hydrogens is 240 g/mol. The van der Waals surface area contributed by atoms with Crippen molar-refractivity contribution in [2.75, 3.05) is 0 Å². The Morgan fingerprint density at radius 2 is 2.00 bits per heavy atom. The summed E-state index contributed by atoms with van der Waals surface area (Å²) in [6.07, 6.45) is 0.304. The van der Waals surface area contributed by atoms with Crippen LogP contribution in [0.2, 0.25) is 0 Å². The summed E-state index contributed by atoms with van der Waals surface area (Å²) in [7, 11) is 0. The topological polar surface area (TPSA) is 55.1 Å². The molecule has 100 valence electrons. The summed E-state index contributed by atoms with van der Waals surface area (Å²) in [6.45, 7) is 5.64. The second-order valence-corrected chi connectivity index (χ2v) is 4.68. The molecular formula is C15H18N2O2. The van der Waals surface area contributed by atoms with Crippen molar-refractivity contribution in [2.24, 2.45) is 0 Å². The number of carbonyl (C=O) groups excluding carboxylic acids is 1. The fourth-order valence-corrected chi connectivity index (χ4v) is 2.03. The van der Waals surface area contributed by atoms with Gasteiger partial charge in [-0.1, -0.05) is 35.5 Å². The van der Waals surface area contributed by atoms with Gasteiger partial charge in [-0.2, -0.15) is 0 Å². The van der Waals surface area contributed by atoms with Gasteiger partial charge in [-0.3, -0.25) is 4.79 Å². The number of rotatable bonds is 4. The second-order valence-electron chi connectivity index (χ2n) is 4.68. The van der Waals surface area contributed by atoms with Gasteiger partial charge in [-0.15, -0.1) is 0 Å². The van der Waals surface area contributed by atoms with Crippen LogP contribution in [-0.4, -0.2) is 11.1 Å². The maximum absolute atomic E-state index is 12.0.